The molecule has 12 aromatic rings. The van der Waals surface area contributed by atoms with E-state index < -0.39 is 0 Å². The molecule has 4 nitrogen and oxygen atoms in total. The second-order valence-electron chi connectivity index (χ2n) is 19.8. The fourth-order valence-corrected chi connectivity index (χ4v) is 10.9. The molecule has 0 aliphatic rings. The molecular weight excluding hydrogens is 921 g/mol. The van der Waals surface area contributed by atoms with E-state index in [9.17, 15) is 0 Å². The minimum Gasteiger partial charge on any atom is -0.256 e. The number of hydrogen-bond donors (Lipinski definition) is 0. The third-order valence-corrected chi connectivity index (χ3v) is 14.3. The first-order valence-electron chi connectivity index (χ1n) is 25.9. The smallest absolute Gasteiger partial charge is 0.0886 e. The number of rotatable bonds is 11. The second kappa shape index (κ2) is 20.7. The number of pyridine rings is 4. The van der Waals surface area contributed by atoms with Gasteiger partial charge in [-0.05, 0) is 184 Å². The summed E-state index contributed by atoms with van der Waals surface area (Å²) in [5, 5.41) is 0. The maximum Gasteiger partial charge on any atom is 0.0886 e. The second-order valence-corrected chi connectivity index (χ2v) is 19.8. The molecule has 4 heteroatoms. The Morgan fingerprint density at radius 3 is 0.895 bits per heavy atom. The fourth-order valence-electron chi connectivity index (χ4n) is 10.9. The van der Waals surface area contributed by atoms with Crippen molar-refractivity contribution in [3.8, 4) is 123 Å². The SMILES string of the molecule is Cc1cc(C)cc(-c2cc(-c3ccccn3)ccc2-c2ccccc2-c2cc(-c3ccccc3-c3ccc(-c4ccccn4)nc3)cc(-c3ccccc3-c3ccc(-c4ccccn4)cc3-c3cc(C)cc(C)c3)c2)c1. The standard InChI is InChI=1S/C72H54N4/c1-47-35-48(2)38-54(37-47)67-44-51(69-23-11-14-32-73-69)26-29-65(67)63-21-9-7-19-61(63)57-41-56(60-18-6-5-17-59(60)53-28-31-72(76-46-53)71-25-13-16-34-75-71)42-58(43-57)62-20-8-10-22-64(62)66-30-27-52(70-24-12-15-33-74-70)45-68(66)55-39-49(3)36-50(4)40-55/h5-46H,1-4H3. The first-order chi connectivity index (χ1) is 37.3. The lowest BCUT2D eigenvalue weighted by Crippen LogP contribution is -1.95. The average Bonchev–Trinajstić information content (AvgIpc) is 3.47. The maximum absolute atomic E-state index is 4.95. The molecule has 0 aliphatic carbocycles. The number of benzene rings is 8. The van der Waals surface area contributed by atoms with Gasteiger partial charge in [-0.2, -0.15) is 0 Å². The van der Waals surface area contributed by atoms with Crippen LogP contribution in [0, 0.1) is 27.7 Å². The van der Waals surface area contributed by atoms with E-state index >= 15 is 0 Å². The molecular formula is C72H54N4. The van der Waals surface area contributed by atoms with Gasteiger partial charge in [0.2, 0.25) is 0 Å². The Balaban J connectivity index is 1.09. The van der Waals surface area contributed by atoms with Crippen molar-refractivity contribution in [2.75, 3.05) is 0 Å². The lowest BCUT2D eigenvalue weighted by molar-refractivity contribution is 1.25. The lowest BCUT2D eigenvalue weighted by atomic mass is 9.83. The van der Waals surface area contributed by atoms with Gasteiger partial charge in [0.05, 0.1) is 22.8 Å². The Hall–Kier alpha value is -9.64. The van der Waals surface area contributed by atoms with Crippen LogP contribution in [-0.2, 0) is 0 Å². The highest BCUT2D eigenvalue weighted by Crippen LogP contribution is 2.46. The summed E-state index contributed by atoms with van der Waals surface area (Å²) >= 11 is 0. The van der Waals surface area contributed by atoms with Gasteiger partial charge in [0.25, 0.3) is 0 Å². The van der Waals surface area contributed by atoms with E-state index in [2.05, 4.69) is 233 Å². The number of aromatic nitrogens is 4. The zero-order valence-electron chi connectivity index (χ0n) is 43.0. The molecule has 76 heavy (non-hydrogen) atoms. The molecule has 0 radical (unpaired) electrons. The summed E-state index contributed by atoms with van der Waals surface area (Å²) in [5.41, 5.74) is 28.7. The zero-order chi connectivity index (χ0) is 51.5. The molecule has 4 aromatic heterocycles. The van der Waals surface area contributed by atoms with Crippen LogP contribution in [0.5, 0.6) is 0 Å². The summed E-state index contributed by atoms with van der Waals surface area (Å²) in [6.07, 6.45) is 7.52. The Morgan fingerprint density at radius 2 is 0.513 bits per heavy atom. The van der Waals surface area contributed by atoms with Gasteiger partial charge in [-0.3, -0.25) is 19.9 Å². The van der Waals surface area contributed by atoms with Crippen molar-refractivity contribution in [3.63, 3.8) is 0 Å². The summed E-state index contributed by atoms with van der Waals surface area (Å²) in [5.74, 6) is 0. The highest BCUT2D eigenvalue weighted by atomic mass is 14.8. The van der Waals surface area contributed by atoms with E-state index in [1.54, 1.807) is 0 Å². The van der Waals surface area contributed by atoms with E-state index in [0.29, 0.717) is 0 Å². The monoisotopic (exact) mass is 974 g/mol. The topological polar surface area (TPSA) is 51.6 Å². The van der Waals surface area contributed by atoms with Gasteiger partial charge < -0.3 is 0 Å². The predicted molar refractivity (Wildman–Crippen MR) is 316 cm³/mol. The largest absolute Gasteiger partial charge is 0.256 e. The van der Waals surface area contributed by atoms with Crippen LogP contribution in [0.25, 0.3) is 123 Å². The number of nitrogens with zero attached hydrogens (tertiary/aromatic N) is 4. The van der Waals surface area contributed by atoms with Crippen LogP contribution in [0.15, 0.2) is 255 Å². The highest BCUT2D eigenvalue weighted by molar-refractivity contribution is 5.99. The maximum atomic E-state index is 4.95. The van der Waals surface area contributed by atoms with E-state index in [-0.39, 0.29) is 0 Å². The van der Waals surface area contributed by atoms with Gasteiger partial charge >= 0.3 is 0 Å². The van der Waals surface area contributed by atoms with Gasteiger partial charge in [0, 0.05) is 41.5 Å². The molecule has 0 fully saturated rings. The van der Waals surface area contributed by atoms with E-state index in [4.69, 9.17) is 15.0 Å². The molecule has 0 unspecified atom stereocenters. The van der Waals surface area contributed by atoms with Gasteiger partial charge in [-0.1, -0.05) is 180 Å². The van der Waals surface area contributed by atoms with Crippen molar-refractivity contribution in [3.05, 3.63) is 278 Å². The van der Waals surface area contributed by atoms with Crippen molar-refractivity contribution in [2.24, 2.45) is 0 Å². The summed E-state index contributed by atoms with van der Waals surface area (Å²) in [6.45, 7) is 8.72. The third-order valence-electron chi connectivity index (χ3n) is 14.3. The first kappa shape index (κ1) is 47.4. The normalized spacial score (nSPS) is 11.2. The lowest BCUT2D eigenvalue weighted by Gasteiger charge is -2.20. The highest BCUT2D eigenvalue weighted by Gasteiger charge is 2.21. The van der Waals surface area contributed by atoms with Gasteiger partial charge in [0.1, 0.15) is 0 Å². The zero-order valence-corrected chi connectivity index (χ0v) is 43.0. The van der Waals surface area contributed by atoms with Crippen LogP contribution < -0.4 is 0 Å². The molecule has 4 heterocycles. The summed E-state index contributed by atoms with van der Waals surface area (Å²) in [6, 6.07) is 83.3. The molecule has 0 N–H and O–H groups in total. The number of aryl methyl sites for hydroxylation is 4. The van der Waals surface area contributed by atoms with Crippen molar-refractivity contribution >= 4 is 0 Å². The van der Waals surface area contributed by atoms with Crippen LogP contribution in [0.2, 0.25) is 0 Å². The molecule has 12 rings (SSSR count). The minimum absolute atomic E-state index is 0.834. The van der Waals surface area contributed by atoms with Gasteiger partial charge in [-0.25, -0.2) is 0 Å². The first-order valence-corrected chi connectivity index (χ1v) is 25.9. The van der Waals surface area contributed by atoms with Crippen LogP contribution >= 0.6 is 0 Å². The van der Waals surface area contributed by atoms with Crippen LogP contribution in [0.1, 0.15) is 22.3 Å². The van der Waals surface area contributed by atoms with Crippen LogP contribution in [0.4, 0.5) is 0 Å². The number of hydrogen-bond acceptors (Lipinski definition) is 4. The molecule has 0 bridgehead atoms. The summed E-state index contributed by atoms with van der Waals surface area (Å²) < 4.78 is 0. The minimum atomic E-state index is 0.834. The quantitative estimate of drug-likeness (QED) is 0.130. The van der Waals surface area contributed by atoms with E-state index in [1.165, 1.54) is 33.4 Å². The molecule has 0 saturated heterocycles. The fraction of sp³-hybridized carbons (Fsp3) is 0.0556. The molecule has 0 amide bonds. The van der Waals surface area contributed by atoms with E-state index in [1.807, 2.05) is 55.1 Å². The van der Waals surface area contributed by atoms with E-state index in [0.717, 1.165) is 112 Å². The Kier molecular flexibility index (Phi) is 12.9. The molecule has 0 saturated carbocycles. The summed E-state index contributed by atoms with van der Waals surface area (Å²) in [7, 11) is 0. The van der Waals surface area contributed by atoms with Gasteiger partial charge in [-0.15, -0.1) is 0 Å². The van der Waals surface area contributed by atoms with Crippen molar-refractivity contribution in [1.82, 2.24) is 19.9 Å². The van der Waals surface area contributed by atoms with Crippen molar-refractivity contribution in [1.29, 1.82) is 0 Å². The summed E-state index contributed by atoms with van der Waals surface area (Å²) in [4.78, 5) is 19.1. The van der Waals surface area contributed by atoms with Crippen molar-refractivity contribution in [2.45, 2.75) is 27.7 Å². The molecule has 0 spiro atoms. The molecule has 8 aromatic carbocycles. The van der Waals surface area contributed by atoms with Crippen LogP contribution in [-0.4, -0.2) is 19.9 Å². The molecule has 0 atom stereocenters. The van der Waals surface area contributed by atoms with Crippen molar-refractivity contribution < 1.29 is 0 Å². The predicted octanol–water partition coefficient (Wildman–Crippen LogP) is 18.8. The van der Waals surface area contributed by atoms with Gasteiger partial charge in [0.15, 0.2) is 0 Å². The van der Waals surface area contributed by atoms with Crippen LogP contribution in [0.3, 0.4) is 0 Å². The average molecular weight is 975 g/mol. The third kappa shape index (κ3) is 9.68. The Morgan fingerprint density at radius 1 is 0.197 bits per heavy atom. The Bertz CT molecular complexity index is 3830. The molecule has 0 aliphatic heterocycles. The molecule has 362 valence electrons. The Labute approximate surface area is 445 Å².